The summed E-state index contributed by atoms with van der Waals surface area (Å²) in [6.45, 7) is 5.67. The van der Waals surface area contributed by atoms with E-state index in [0.717, 1.165) is 13.2 Å². The van der Waals surface area contributed by atoms with Crippen molar-refractivity contribution in [3.63, 3.8) is 0 Å². The molecule has 0 aliphatic heterocycles. The van der Waals surface area contributed by atoms with Crippen molar-refractivity contribution in [2.24, 2.45) is 0 Å². The van der Waals surface area contributed by atoms with Crippen molar-refractivity contribution in [2.45, 2.75) is 13.8 Å². The summed E-state index contributed by atoms with van der Waals surface area (Å²) < 4.78 is 17.6. The Labute approximate surface area is 89.5 Å². The summed E-state index contributed by atoms with van der Waals surface area (Å²) in [4.78, 5) is 0. The van der Waals surface area contributed by atoms with Crippen molar-refractivity contribution < 1.29 is 18.9 Å². The number of hydrogen-bond donors (Lipinski definition) is 0. The van der Waals surface area contributed by atoms with Gasteiger partial charge in [-0.2, -0.15) is 0 Å². The van der Waals surface area contributed by atoms with Crippen LogP contribution in [0.15, 0.2) is 0 Å². The van der Waals surface area contributed by atoms with Crippen LogP contribution in [0.1, 0.15) is 13.8 Å². The second kappa shape index (κ2) is 52.8. The van der Waals surface area contributed by atoms with Crippen LogP contribution in [0.3, 0.4) is 0 Å². The number of ether oxygens (including phenoxy) is 4. The summed E-state index contributed by atoms with van der Waals surface area (Å²) in [5.74, 6) is 0. The van der Waals surface area contributed by atoms with Gasteiger partial charge < -0.3 is 18.9 Å². The fraction of sp³-hybridized carbons (Fsp3) is 1.00. The van der Waals surface area contributed by atoms with Crippen LogP contribution >= 0.6 is 0 Å². The van der Waals surface area contributed by atoms with E-state index in [-0.39, 0.29) is 0 Å². The lowest BCUT2D eigenvalue weighted by molar-refractivity contribution is 0.162. The predicted molar refractivity (Wildman–Crippen MR) is 61.0 cm³/mol. The van der Waals surface area contributed by atoms with E-state index in [4.69, 9.17) is 4.74 Å². The first-order valence-corrected chi connectivity index (χ1v) is 4.44. The third-order valence-corrected chi connectivity index (χ3v) is 0.408. The van der Waals surface area contributed by atoms with Gasteiger partial charge in [-0.05, 0) is 13.8 Å². The fourth-order valence-corrected chi connectivity index (χ4v) is 0.204. The predicted octanol–water partition coefficient (Wildman–Crippen LogP) is 1.83. The Kier molecular flexibility index (Phi) is 88.8. The molecule has 0 aromatic rings. The lowest BCUT2D eigenvalue weighted by atomic mass is 10.8. The van der Waals surface area contributed by atoms with Crippen molar-refractivity contribution in [3.05, 3.63) is 0 Å². The number of hydrogen-bond acceptors (Lipinski definition) is 4. The molecule has 0 unspecified atom stereocenters. The lowest BCUT2D eigenvalue weighted by Gasteiger charge is -1.86. The molecular formula is C10H28O4. The van der Waals surface area contributed by atoms with E-state index in [9.17, 15) is 0 Å². The van der Waals surface area contributed by atoms with Gasteiger partial charge in [-0.25, -0.2) is 0 Å². The van der Waals surface area contributed by atoms with Crippen LogP contribution in [0.25, 0.3) is 0 Å². The molecule has 0 aromatic carbocycles. The van der Waals surface area contributed by atoms with Crippen molar-refractivity contribution in [3.8, 4) is 0 Å². The van der Waals surface area contributed by atoms with E-state index in [1.165, 1.54) is 0 Å². The Morgan fingerprint density at radius 3 is 0.714 bits per heavy atom. The Bertz CT molecular complexity index is 36.3. The summed E-state index contributed by atoms with van der Waals surface area (Å²) >= 11 is 0. The Hall–Kier alpha value is -0.160. The molecule has 92 valence electrons. The zero-order chi connectivity index (χ0) is 12.2. The topological polar surface area (TPSA) is 36.9 Å². The van der Waals surface area contributed by atoms with Crippen molar-refractivity contribution in [2.75, 3.05) is 55.9 Å². The lowest BCUT2D eigenvalue weighted by Crippen LogP contribution is -1.84. The van der Waals surface area contributed by atoms with Gasteiger partial charge in [-0.3, -0.25) is 0 Å². The number of rotatable bonds is 2. The first kappa shape index (κ1) is 23.6. The van der Waals surface area contributed by atoms with E-state index in [1.54, 1.807) is 42.7 Å². The van der Waals surface area contributed by atoms with E-state index in [2.05, 4.69) is 14.2 Å². The maximum atomic E-state index is 4.83. The van der Waals surface area contributed by atoms with Gasteiger partial charge >= 0.3 is 0 Å². The molecule has 0 spiro atoms. The Balaban J connectivity index is -0.0000000495. The van der Waals surface area contributed by atoms with Gasteiger partial charge in [-0.1, -0.05) is 0 Å². The highest BCUT2D eigenvalue weighted by Gasteiger charge is 1.64. The summed E-state index contributed by atoms with van der Waals surface area (Å²) in [7, 11) is 9.75. The minimum Gasteiger partial charge on any atom is -0.388 e. The molecule has 0 saturated heterocycles. The Morgan fingerprint density at radius 2 is 0.714 bits per heavy atom. The first-order valence-electron chi connectivity index (χ1n) is 4.44. The largest absolute Gasteiger partial charge is 0.388 e. The smallest absolute Gasteiger partial charge is 0.0437 e. The summed E-state index contributed by atoms with van der Waals surface area (Å²) in [6.07, 6.45) is 0. The molecular weight excluding hydrogens is 184 g/mol. The number of methoxy groups -OCH3 is 3. The average Bonchev–Trinajstić information content (AvgIpc) is 2.09. The minimum absolute atomic E-state index is 0.844. The molecule has 14 heavy (non-hydrogen) atoms. The summed E-state index contributed by atoms with van der Waals surface area (Å²) in [5.41, 5.74) is 0. The molecule has 0 aliphatic carbocycles. The SMILES string of the molecule is CCOCC.COC.COC.COC. The zero-order valence-corrected chi connectivity index (χ0v) is 11.0. The molecule has 0 bridgehead atoms. The van der Waals surface area contributed by atoms with Gasteiger partial charge in [0, 0.05) is 55.9 Å². The molecule has 0 aromatic heterocycles. The van der Waals surface area contributed by atoms with Gasteiger partial charge in [0.2, 0.25) is 0 Å². The minimum atomic E-state index is 0.844. The molecule has 0 heterocycles. The van der Waals surface area contributed by atoms with E-state index < -0.39 is 0 Å². The quantitative estimate of drug-likeness (QED) is 0.700. The molecule has 0 radical (unpaired) electrons. The summed E-state index contributed by atoms with van der Waals surface area (Å²) in [6, 6.07) is 0. The van der Waals surface area contributed by atoms with Crippen molar-refractivity contribution in [1.29, 1.82) is 0 Å². The third kappa shape index (κ3) is 411. The maximum absolute atomic E-state index is 4.83. The molecule has 0 fully saturated rings. The van der Waals surface area contributed by atoms with Gasteiger partial charge in [0.15, 0.2) is 0 Å². The van der Waals surface area contributed by atoms with Gasteiger partial charge in [0.25, 0.3) is 0 Å². The van der Waals surface area contributed by atoms with Crippen LogP contribution in [0.5, 0.6) is 0 Å². The molecule has 0 N–H and O–H groups in total. The van der Waals surface area contributed by atoms with E-state index in [0.29, 0.717) is 0 Å². The highest BCUT2D eigenvalue weighted by atomic mass is 16.5. The van der Waals surface area contributed by atoms with Gasteiger partial charge in [0.05, 0.1) is 0 Å². The highest BCUT2D eigenvalue weighted by molar-refractivity contribution is 4.07. The van der Waals surface area contributed by atoms with Crippen LogP contribution in [-0.4, -0.2) is 55.9 Å². The molecule has 0 aliphatic rings. The fourth-order valence-electron chi connectivity index (χ4n) is 0.204. The third-order valence-electron chi connectivity index (χ3n) is 0.408. The second-order valence-electron chi connectivity index (χ2n) is 2.01. The van der Waals surface area contributed by atoms with E-state index >= 15 is 0 Å². The first-order chi connectivity index (χ1) is 6.66. The molecule has 4 heteroatoms. The molecule has 4 nitrogen and oxygen atoms in total. The van der Waals surface area contributed by atoms with Gasteiger partial charge in [-0.15, -0.1) is 0 Å². The average molecular weight is 212 g/mol. The zero-order valence-electron chi connectivity index (χ0n) is 11.0. The second-order valence-corrected chi connectivity index (χ2v) is 2.01. The van der Waals surface area contributed by atoms with Crippen LogP contribution in [0, 0.1) is 0 Å². The van der Waals surface area contributed by atoms with Crippen LogP contribution < -0.4 is 0 Å². The summed E-state index contributed by atoms with van der Waals surface area (Å²) in [5, 5.41) is 0. The highest BCUT2D eigenvalue weighted by Crippen LogP contribution is 1.64. The normalized spacial score (nSPS) is 6.86. The van der Waals surface area contributed by atoms with E-state index in [1.807, 2.05) is 13.8 Å². The maximum Gasteiger partial charge on any atom is 0.0437 e. The van der Waals surface area contributed by atoms with Crippen LogP contribution in [0.2, 0.25) is 0 Å². The van der Waals surface area contributed by atoms with Crippen molar-refractivity contribution >= 4 is 0 Å². The monoisotopic (exact) mass is 212 g/mol. The standard InChI is InChI=1S/C4H10O.3C2H6O/c1-3-5-4-2;3*1-3-2/h3-4H2,1-2H3;3*1-2H3. The molecule has 0 amide bonds. The van der Waals surface area contributed by atoms with Gasteiger partial charge in [0.1, 0.15) is 0 Å². The Morgan fingerprint density at radius 1 is 0.571 bits per heavy atom. The van der Waals surface area contributed by atoms with Crippen LogP contribution in [0.4, 0.5) is 0 Å². The molecule has 0 atom stereocenters. The molecule has 0 rings (SSSR count). The molecule has 0 saturated carbocycles. The van der Waals surface area contributed by atoms with Crippen molar-refractivity contribution in [1.82, 2.24) is 0 Å². The van der Waals surface area contributed by atoms with Crippen LogP contribution in [-0.2, 0) is 18.9 Å².